The number of carbonyl (C=O) groups is 2. The molecule has 8 heteroatoms. The molecular formula is C25H33F3N2O3. The Hall–Kier alpha value is -2.25. The molecule has 1 aromatic carbocycles. The van der Waals surface area contributed by atoms with Crippen molar-refractivity contribution in [3.8, 4) is 0 Å². The summed E-state index contributed by atoms with van der Waals surface area (Å²) in [6.07, 6.45) is 0.736. The zero-order valence-corrected chi connectivity index (χ0v) is 19.3. The third-order valence-corrected chi connectivity index (χ3v) is 8.54. The van der Waals surface area contributed by atoms with Gasteiger partial charge in [-0.2, -0.15) is 13.2 Å². The second-order valence-electron chi connectivity index (χ2n) is 10.7. The third kappa shape index (κ3) is 4.85. The fraction of sp³-hybridized carbons (Fsp3) is 0.680. The predicted octanol–water partition coefficient (Wildman–Crippen LogP) is 5.20. The summed E-state index contributed by atoms with van der Waals surface area (Å²) in [5.74, 6) is 0.864. The van der Waals surface area contributed by atoms with Crippen molar-refractivity contribution in [2.75, 3.05) is 24.5 Å². The van der Waals surface area contributed by atoms with Gasteiger partial charge in [0.1, 0.15) is 0 Å². The number of carboxylic acids is 1. The van der Waals surface area contributed by atoms with E-state index < -0.39 is 17.7 Å². The van der Waals surface area contributed by atoms with Gasteiger partial charge < -0.3 is 15.3 Å². The summed E-state index contributed by atoms with van der Waals surface area (Å²) in [4.78, 5) is 25.3. The van der Waals surface area contributed by atoms with Crippen LogP contribution in [0.15, 0.2) is 18.2 Å². The van der Waals surface area contributed by atoms with E-state index in [9.17, 15) is 22.8 Å². The molecule has 0 radical (unpaired) electrons. The Kier molecular flexibility index (Phi) is 6.40. The normalized spacial score (nSPS) is 27.1. The number of hydrogen-bond acceptors (Lipinski definition) is 3. The van der Waals surface area contributed by atoms with Crippen LogP contribution in [-0.2, 0) is 11.0 Å². The number of hydrogen-bond donors (Lipinski definition) is 2. The zero-order valence-electron chi connectivity index (χ0n) is 19.3. The van der Waals surface area contributed by atoms with E-state index in [1.54, 1.807) is 4.90 Å². The lowest BCUT2D eigenvalue weighted by atomic mass is 9.45. The highest BCUT2D eigenvalue weighted by Gasteiger charge is 2.53. The Labute approximate surface area is 192 Å². The first-order chi connectivity index (χ1) is 15.5. The first-order valence-electron chi connectivity index (χ1n) is 11.9. The molecule has 182 valence electrons. The molecule has 1 aliphatic heterocycles. The third-order valence-electron chi connectivity index (χ3n) is 8.54. The van der Waals surface area contributed by atoms with Crippen molar-refractivity contribution >= 4 is 17.6 Å². The highest BCUT2D eigenvalue weighted by atomic mass is 19.4. The van der Waals surface area contributed by atoms with Crippen LogP contribution in [0.4, 0.5) is 18.9 Å². The first kappa shape index (κ1) is 23.9. The molecule has 3 atom stereocenters. The number of fused-ring (bicyclic) bond motifs is 2. The van der Waals surface area contributed by atoms with Crippen LogP contribution in [0.25, 0.3) is 0 Å². The van der Waals surface area contributed by atoms with E-state index in [4.69, 9.17) is 5.11 Å². The second-order valence-corrected chi connectivity index (χ2v) is 10.7. The van der Waals surface area contributed by atoms with E-state index in [2.05, 4.69) is 19.2 Å². The van der Waals surface area contributed by atoms with E-state index >= 15 is 0 Å². The minimum atomic E-state index is -4.63. The van der Waals surface area contributed by atoms with Gasteiger partial charge in [0.2, 0.25) is 5.91 Å². The second kappa shape index (κ2) is 8.84. The molecule has 1 aromatic rings. The summed E-state index contributed by atoms with van der Waals surface area (Å²) in [6, 6.07) is 3.16. The van der Waals surface area contributed by atoms with Crippen molar-refractivity contribution in [3.63, 3.8) is 0 Å². The van der Waals surface area contributed by atoms with Crippen molar-refractivity contribution in [3.05, 3.63) is 29.3 Å². The monoisotopic (exact) mass is 466 g/mol. The van der Waals surface area contributed by atoms with Gasteiger partial charge in [-0.1, -0.05) is 13.8 Å². The number of aromatic carboxylic acids is 1. The van der Waals surface area contributed by atoms with Crippen LogP contribution in [0.3, 0.4) is 0 Å². The van der Waals surface area contributed by atoms with E-state index in [0.29, 0.717) is 55.7 Å². The quantitative estimate of drug-likeness (QED) is 0.605. The van der Waals surface area contributed by atoms with Gasteiger partial charge in [-0.05, 0) is 79.4 Å². The largest absolute Gasteiger partial charge is 0.478 e. The van der Waals surface area contributed by atoms with E-state index in [0.717, 1.165) is 12.5 Å². The number of rotatable bonds is 6. The Bertz CT molecular complexity index is 905. The molecule has 1 saturated heterocycles. The average Bonchev–Trinajstić information content (AvgIpc) is 2.77. The van der Waals surface area contributed by atoms with Gasteiger partial charge >= 0.3 is 12.1 Å². The molecule has 3 saturated carbocycles. The van der Waals surface area contributed by atoms with Crippen LogP contribution >= 0.6 is 0 Å². The maximum absolute atomic E-state index is 13.5. The lowest BCUT2D eigenvalue weighted by molar-refractivity contribution is -0.137. The lowest BCUT2D eigenvalue weighted by Gasteiger charge is -2.60. The zero-order chi connectivity index (χ0) is 24.0. The molecule has 1 amide bonds. The van der Waals surface area contributed by atoms with Crippen molar-refractivity contribution < 1.29 is 27.9 Å². The van der Waals surface area contributed by atoms with Gasteiger partial charge in [-0.15, -0.1) is 0 Å². The smallest absolute Gasteiger partial charge is 0.418 e. The molecule has 2 N–H and O–H groups in total. The van der Waals surface area contributed by atoms with Crippen molar-refractivity contribution in [2.24, 2.45) is 29.1 Å². The maximum atomic E-state index is 13.5. The highest BCUT2D eigenvalue weighted by Crippen LogP contribution is 2.61. The molecule has 4 fully saturated rings. The number of nitrogens with one attached hydrogen (secondary N) is 1. The number of piperidine rings is 1. The van der Waals surface area contributed by atoms with Crippen molar-refractivity contribution in [2.45, 2.75) is 58.5 Å². The average molecular weight is 467 g/mol. The molecule has 5 rings (SSSR count). The Morgan fingerprint density at radius 3 is 2.42 bits per heavy atom. The fourth-order valence-electron chi connectivity index (χ4n) is 6.34. The van der Waals surface area contributed by atoms with Crippen molar-refractivity contribution in [1.29, 1.82) is 0 Å². The fourth-order valence-corrected chi connectivity index (χ4v) is 6.34. The SMILES string of the molecule is CC1(C)[C@H]2CC[C@@H](CNC(=O)CC3CCN(c4ccc(C(=O)O)cc4C(F)(F)F)CC3)[C@@H]1C2. The van der Waals surface area contributed by atoms with Gasteiger partial charge in [0, 0.05) is 31.7 Å². The van der Waals surface area contributed by atoms with E-state index in [-0.39, 0.29) is 23.1 Å². The first-order valence-corrected chi connectivity index (χ1v) is 11.9. The molecular weight excluding hydrogens is 433 g/mol. The van der Waals surface area contributed by atoms with Gasteiger partial charge in [0.05, 0.1) is 11.1 Å². The van der Waals surface area contributed by atoms with Crippen LogP contribution in [0.1, 0.15) is 68.3 Å². The van der Waals surface area contributed by atoms with Crippen LogP contribution in [0, 0.1) is 29.1 Å². The summed E-state index contributed by atoms with van der Waals surface area (Å²) in [5.41, 5.74) is -0.906. The minimum Gasteiger partial charge on any atom is -0.478 e. The van der Waals surface area contributed by atoms with Crippen LogP contribution < -0.4 is 10.2 Å². The summed E-state index contributed by atoms with van der Waals surface area (Å²) < 4.78 is 40.6. The van der Waals surface area contributed by atoms with Gasteiger partial charge in [0.15, 0.2) is 0 Å². The molecule has 3 aliphatic carbocycles. The standard InChI is InChI=1S/C25H33F3N2O3/c1-24(2)18-5-3-17(19(24)13-18)14-29-22(31)11-15-7-9-30(10-8-15)21-6-4-16(23(32)33)12-20(21)25(26,27)28/h4,6,12,15,17-19H,3,5,7-11,13-14H2,1-2H3,(H,29,31)(H,32,33)/t17-,18-,19-/m0/s1. The number of carboxylic acid groups (broad SMARTS) is 1. The highest BCUT2D eigenvalue weighted by molar-refractivity contribution is 5.88. The molecule has 1 heterocycles. The molecule has 0 unspecified atom stereocenters. The summed E-state index contributed by atoms with van der Waals surface area (Å²) in [6.45, 7) is 6.23. The number of alkyl halides is 3. The number of carbonyl (C=O) groups excluding carboxylic acids is 1. The Balaban J connectivity index is 1.29. The Morgan fingerprint density at radius 1 is 1.15 bits per heavy atom. The number of benzene rings is 1. The number of nitrogens with zero attached hydrogens (tertiary/aromatic N) is 1. The lowest BCUT2D eigenvalue weighted by Crippen LogP contribution is -2.54. The Morgan fingerprint density at radius 2 is 1.85 bits per heavy atom. The molecule has 2 bridgehead atoms. The molecule has 33 heavy (non-hydrogen) atoms. The minimum absolute atomic E-state index is 0.00844. The van der Waals surface area contributed by atoms with Crippen molar-refractivity contribution in [1.82, 2.24) is 5.32 Å². The van der Waals surface area contributed by atoms with E-state index in [1.807, 2.05) is 0 Å². The molecule has 4 aliphatic rings. The van der Waals surface area contributed by atoms with Crippen LogP contribution in [0.5, 0.6) is 0 Å². The van der Waals surface area contributed by atoms with Gasteiger partial charge in [-0.3, -0.25) is 4.79 Å². The summed E-state index contributed by atoms with van der Waals surface area (Å²) >= 11 is 0. The topological polar surface area (TPSA) is 69.6 Å². The predicted molar refractivity (Wildman–Crippen MR) is 119 cm³/mol. The van der Waals surface area contributed by atoms with Crippen LogP contribution in [0.2, 0.25) is 0 Å². The molecule has 5 nitrogen and oxygen atoms in total. The maximum Gasteiger partial charge on any atom is 0.418 e. The van der Waals surface area contributed by atoms with Gasteiger partial charge in [0.25, 0.3) is 0 Å². The molecule has 0 spiro atoms. The summed E-state index contributed by atoms with van der Waals surface area (Å²) in [5, 5.41) is 12.2. The van der Waals surface area contributed by atoms with Gasteiger partial charge in [-0.25, -0.2) is 4.79 Å². The number of anilines is 1. The summed E-state index contributed by atoms with van der Waals surface area (Å²) in [7, 11) is 0. The van der Waals surface area contributed by atoms with E-state index in [1.165, 1.54) is 31.4 Å². The number of amides is 1. The van der Waals surface area contributed by atoms with Crippen LogP contribution in [-0.4, -0.2) is 36.6 Å². The molecule has 0 aromatic heterocycles. The number of halogens is 3.